The van der Waals surface area contributed by atoms with Gasteiger partial charge >= 0.3 is 5.69 Å². The highest BCUT2D eigenvalue weighted by atomic mass is 35.5. The van der Waals surface area contributed by atoms with Gasteiger partial charge in [0, 0.05) is 17.1 Å². The van der Waals surface area contributed by atoms with E-state index in [9.17, 15) is 14.4 Å². The zero-order valence-electron chi connectivity index (χ0n) is 21.6. The lowest BCUT2D eigenvalue weighted by Crippen LogP contribution is -2.39. The molecule has 0 radical (unpaired) electrons. The molecule has 1 aromatic heterocycles. The van der Waals surface area contributed by atoms with Gasteiger partial charge < -0.3 is 5.32 Å². The maximum absolute atomic E-state index is 13.9. The first-order valence-corrected chi connectivity index (χ1v) is 13.3. The summed E-state index contributed by atoms with van der Waals surface area (Å²) in [7, 11) is 0. The van der Waals surface area contributed by atoms with Gasteiger partial charge in [-0.05, 0) is 72.0 Å². The summed E-state index contributed by atoms with van der Waals surface area (Å²) in [5.41, 5.74) is 3.37. The highest BCUT2D eigenvalue weighted by molar-refractivity contribution is 6.30. The van der Waals surface area contributed by atoms with Gasteiger partial charge in [0.15, 0.2) is 0 Å². The fraction of sp³-hybridized carbons (Fsp3) is 0.156. The molecule has 0 spiro atoms. The van der Waals surface area contributed by atoms with Crippen LogP contribution in [0.1, 0.15) is 34.0 Å². The maximum atomic E-state index is 13.9. The van der Waals surface area contributed by atoms with Gasteiger partial charge in [0.2, 0.25) is 0 Å². The molecule has 1 amide bonds. The quantitative estimate of drug-likeness (QED) is 0.288. The molecule has 0 unspecified atom stereocenters. The van der Waals surface area contributed by atoms with E-state index in [1.165, 1.54) is 9.13 Å². The minimum atomic E-state index is -0.488. The topological polar surface area (TPSA) is 73.1 Å². The smallest absolute Gasteiger partial charge is 0.336 e. The number of halogens is 1. The van der Waals surface area contributed by atoms with Gasteiger partial charge in [-0.3, -0.25) is 14.2 Å². The first-order valence-electron chi connectivity index (χ1n) is 12.9. The Bertz CT molecular complexity index is 1760. The van der Waals surface area contributed by atoms with E-state index >= 15 is 0 Å². The van der Waals surface area contributed by atoms with Crippen LogP contribution in [0.3, 0.4) is 0 Å². The summed E-state index contributed by atoms with van der Waals surface area (Å²) in [4.78, 5) is 40.5. The Morgan fingerprint density at radius 1 is 0.821 bits per heavy atom. The molecule has 0 fully saturated rings. The summed E-state index contributed by atoms with van der Waals surface area (Å²) in [5.74, 6) is -0.270. The van der Waals surface area contributed by atoms with Gasteiger partial charge in [0.05, 0.1) is 23.1 Å². The van der Waals surface area contributed by atoms with Gasteiger partial charge in [-0.2, -0.15) is 0 Å². The van der Waals surface area contributed by atoms with E-state index in [-0.39, 0.29) is 12.5 Å². The number of hydrogen-bond acceptors (Lipinski definition) is 3. The van der Waals surface area contributed by atoms with Crippen LogP contribution in [-0.4, -0.2) is 21.6 Å². The van der Waals surface area contributed by atoms with Crippen LogP contribution in [-0.2, 0) is 19.4 Å². The number of benzene rings is 4. The Morgan fingerprint density at radius 3 is 2.28 bits per heavy atom. The summed E-state index contributed by atoms with van der Waals surface area (Å²) >= 11 is 6.21. The van der Waals surface area contributed by atoms with Crippen LogP contribution in [0, 0.1) is 0 Å². The largest absolute Gasteiger partial charge is 0.352 e. The van der Waals surface area contributed by atoms with Crippen LogP contribution in [0.4, 0.5) is 0 Å². The number of amides is 1. The molecule has 1 N–H and O–H groups in total. The molecule has 0 aliphatic carbocycles. The average molecular weight is 538 g/mol. The lowest BCUT2D eigenvalue weighted by molar-refractivity contribution is 0.0954. The first-order chi connectivity index (χ1) is 18.9. The summed E-state index contributed by atoms with van der Waals surface area (Å²) in [6, 6.07) is 29.4. The Morgan fingerprint density at radius 2 is 1.56 bits per heavy atom. The van der Waals surface area contributed by atoms with Gasteiger partial charge in [-0.1, -0.05) is 73.1 Å². The third kappa shape index (κ3) is 5.71. The third-order valence-electron chi connectivity index (χ3n) is 6.78. The normalized spacial score (nSPS) is 11.0. The second-order valence-electron chi connectivity index (χ2n) is 9.38. The molecule has 0 saturated carbocycles. The Hall–Kier alpha value is -4.42. The van der Waals surface area contributed by atoms with E-state index in [1.54, 1.807) is 42.5 Å². The standard InChI is InChI=1S/C32H28ClN3O3/c1-2-22-11-14-27(15-12-22)36-31(38)28-16-13-25(30(37)34-18-17-23-7-4-3-5-8-23)20-29(28)35(32(36)39)21-24-9-6-10-26(33)19-24/h3-16,19-20H,2,17-18,21H2,1H3,(H,34,37). The molecule has 0 saturated heterocycles. The Labute approximate surface area is 231 Å². The number of hydrogen-bond donors (Lipinski definition) is 1. The zero-order valence-corrected chi connectivity index (χ0v) is 22.3. The van der Waals surface area contributed by atoms with Crippen molar-refractivity contribution < 1.29 is 4.79 Å². The molecule has 0 atom stereocenters. The molecule has 196 valence electrons. The summed E-state index contributed by atoms with van der Waals surface area (Å²) in [6.45, 7) is 2.69. The van der Waals surface area contributed by atoms with E-state index < -0.39 is 11.2 Å². The number of aryl methyl sites for hydroxylation is 1. The summed E-state index contributed by atoms with van der Waals surface area (Å²) < 4.78 is 2.71. The molecular formula is C32H28ClN3O3. The van der Waals surface area contributed by atoms with E-state index in [2.05, 4.69) is 5.32 Å². The predicted molar refractivity (Wildman–Crippen MR) is 156 cm³/mol. The van der Waals surface area contributed by atoms with Crippen LogP contribution >= 0.6 is 11.6 Å². The van der Waals surface area contributed by atoms with Gasteiger partial charge in [0.25, 0.3) is 11.5 Å². The van der Waals surface area contributed by atoms with Crippen molar-refractivity contribution in [2.24, 2.45) is 0 Å². The van der Waals surface area contributed by atoms with Gasteiger partial charge in [-0.15, -0.1) is 0 Å². The van der Waals surface area contributed by atoms with E-state index in [4.69, 9.17) is 11.6 Å². The number of nitrogens with zero attached hydrogens (tertiary/aromatic N) is 2. The van der Waals surface area contributed by atoms with E-state index in [0.717, 1.165) is 23.1 Å². The van der Waals surface area contributed by atoms with Crippen molar-refractivity contribution in [1.29, 1.82) is 0 Å². The van der Waals surface area contributed by atoms with Crippen LogP contribution in [0.2, 0.25) is 5.02 Å². The van der Waals surface area contributed by atoms with Gasteiger partial charge in [0.1, 0.15) is 0 Å². The summed E-state index contributed by atoms with van der Waals surface area (Å²) in [5, 5.41) is 3.83. The van der Waals surface area contributed by atoms with Crippen molar-refractivity contribution >= 4 is 28.4 Å². The van der Waals surface area contributed by atoms with Crippen molar-refractivity contribution in [3.05, 3.63) is 145 Å². The highest BCUT2D eigenvalue weighted by Crippen LogP contribution is 2.17. The lowest BCUT2D eigenvalue weighted by atomic mass is 10.1. The molecule has 1 heterocycles. The number of nitrogens with one attached hydrogen (secondary N) is 1. The van der Waals surface area contributed by atoms with Crippen molar-refractivity contribution in [2.45, 2.75) is 26.3 Å². The predicted octanol–water partition coefficient (Wildman–Crippen LogP) is 5.39. The summed E-state index contributed by atoms with van der Waals surface area (Å²) in [6.07, 6.45) is 1.54. The van der Waals surface area contributed by atoms with Crippen LogP contribution in [0.15, 0.2) is 107 Å². The first kappa shape index (κ1) is 26.2. The molecular weight excluding hydrogens is 510 g/mol. The Kier molecular flexibility index (Phi) is 7.75. The molecule has 5 aromatic rings. The molecule has 5 rings (SSSR count). The lowest BCUT2D eigenvalue weighted by Gasteiger charge is -2.16. The molecule has 7 heteroatoms. The molecule has 6 nitrogen and oxygen atoms in total. The third-order valence-corrected chi connectivity index (χ3v) is 7.02. The van der Waals surface area contributed by atoms with Crippen LogP contribution in [0.25, 0.3) is 16.6 Å². The second-order valence-corrected chi connectivity index (χ2v) is 9.82. The second kappa shape index (κ2) is 11.5. The van der Waals surface area contributed by atoms with Crippen molar-refractivity contribution in [3.63, 3.8) is 0 Å². The number of fused-ring (bicyclic) bond motifs is 1. The molecule has 0 aliphatic rings. The number of aromatic nitrogens is 2. The average Bonchev–Trinajstić information content (AvgIpc) is 2.96. The molecule has 39 heavy (non-hydrogen) atoms. The molecule has 0 aliphatic heterocycles. The monoisotopic (exact) mass is 537 g/mol. The van der Waals surface area contributed by atoms with Crippen LogP contribution in [0.5, 0.6) is 0 Å². The minimum absolute atomic E-state index is 0.183. The van der Waals surface area contributed by atoms with E-state index in [0.29, 0.717) is 40.1 Å². The van der Waals surface area contributed by atoms with Gasteiger partial charge in [-0.25, -0.2) is 9.36 Å². The molecule has 0 bridgehead atoms. The zero-order chi connectivity index (χ0) is 27.4. The van der Waals surface area contributed by atoms with Crippen molar-refractivity contribution in [3.8, 4) is 5.69 Å². The maximum Gasteiger partial charge on any atom is 0.336 e. The molecule has 4 aromatic carbocycles. The SMILES string of the molecule is CCc1ccc(-n2c(=O)c3ccc(C(=O)NCCc4ccccc4)cc3n(Cc3cccc(Cl)c3)c2=O)cc1. The van der Waals surface area contributed by atoms with Crippen molar-refractivity contribution in [1.82, 2.24) is 14.5 Å². The van der Waals surface area contributed by atoms with Crippen LogP contribution < -0.4 is 16.6 Å². The number of carbonyl (C=O) groups is 1. The minimum Gasteiger partial charge on any atom is -0.352 e. The number of rotatable bonds is 8. The van der Waals surface area contributed by atoms with Crippen molar-refractivity contribution in [2.75, 3.05) is 6.54 Å². The fourth-order valence-corrected chi connectivity index (χ4v) is 4.87. The number of carbonyl (C=O) groups excluding carboxylic acids is 1. The highest BCUT2D eigenvalue weighted by Gasteiger charge is 2.17. The Balaban J connectivity index is 1.57. The van der Waals surface area contributed by atoms with E-state index in [1.807, 2.05) is 61.5 Å². The fourth-order valence-electron chi connectivity index (χ4n) is 4.65.